The molecule has 2 rings (SSSR count). The van der Waals surface area contributed by atoms with Gasteiger partial charge in [0, 0.05) is 33.0 Å². The molecule has 0 atom stereocenters. The highest BCUT2D eigenvalue weighted by molar-refractivity contribution is 5.86. The number of carbonyl (C=O) groups is 1. The largest absolute Gasteiger partial charge is 0.381 e. The van der Waals surface area contributed by atoms with E-state index in [0.29, 0.717) is 32.6 Å². The minimum Gasteiger partial charge on any atom is -0.381 e. The molecular formula is C13H24N2O3. The van der Waals surface area contributed by atoms with Crippen molar-refractivity contribution in [2.24, 2.45) is 11.7 Å². The van der Waals surface area contributed by atoms with Crippen molar-refractivity contribution in [1.29, 1.82) is 0 Å². The first-order valence-electron chi connectivity index (χ1n) is 6.93. The molecule has 0 bridgehead atoms. The number of carbonyl (C=O) groups excluding carboxylic acids is 1. The number of hydrogen-bond acceptors (Lipinski definition) is 4. The van der Waals surface area contributed by atoms with Crippen LogP contribution in [-0.4, -0.2) is 44.4 Å². The van der Waals surface area contributed by atoms with Gasteiger partial charge in [0.25, 0.3) is 0 Å². The molecule has 18 heavy (non-hydrogen) atoms. The topological polar surface area (TPSA) is 73.6 Å². The Morgan fingerprint density at radius 3 is 2.78 bits per heavy atom. The van der Waals surface area contributed by atoms with Gasteiger partial charge in [0.15, 0.2) is 0 Å². The lowest BCUT2D eigenvalue weighted by molar-refractivity contribution is -0.129. The van der Waals surface area contributed by atoms with Gasteiger partial charge >= 0.3 is 0 Å². The van der Waals surface area contributed by atoms with Gasteiger partial charge in [-0.05, 0) is 38.0 Å². The summed E-state index contributed by atoms with van der Waals surface area (Å²) in [4.78, 5) is 11.9. The van der Waals surface area contributed by atoms with E-state index < -0.39 is 5.54 Å². The van der Waals surface area contributed by atoms with Crippen LogP contribution in [0.3, 0.4) is 0 Å². The van der Waals surface area contributed by atoms with Gasteiger partial charge < -0.3 is 20.5 Å². The zero-order valence-corrected chi connectivity index (χ0v) is 11.0. The predicted octanol–water partition coefficient (Wildman–Crippen LogP) is 0.427. The van der Waals surface area contributed by atoms with E-state index in [-0.39, 0.29) is 5.91 Å². The molecule has 0 aromatic heterocycles. The molecule has 1 amide bonds. The van der Waals surface area contributed by atoms with E-state index in [0.717, 1.165) is 25.6 Å². The van der Waals surface area contributed by atoms with Crippen LogP contribution in [0.15, 0.2) is 0 Å². The van der Waals surface area contributed by atoms with E-state index in [1.807, 2.05) is 0 Å². The second kappa shape index (κ2) is 6.50. The number of nitrogens with one attached hydrogen (secondary N) is 1. The zero-order valence-electron chi connectivity index (χ0n) is 11.0. The number of rotatable bonds is 7. The highest BCUT2D eigenvalue weighted by Crippen LogP contribution is 2.28. The maximum Gasteiger partial charge on any atom is 0.240 e. The summed E-state index contributed by atoms with van der Waals surface area (Å²) < 4.78 is 10.7. The summed E-state index contributed by atoms with van der Waals surface area (Å²) in [5, 5.41) is 2.90. The Kier molecular flexibility index (Phi) is 4.97. The predicted molar refractivity (Wildman–Crippen MR) is 68.1 cm³/mol. The van der Waals surface area contributed by atoms with Crippen LogP contribution >= 0.6 is 0 Å². The van der Waals surface area contributed by atoms with Crippen LogP contribution in [0, 0.1) is 5.92 Å². The molecular weight excluding hydrogens is 232 g/mol. The van der Waals surface area contributed by atoms with Gasteiger partial charge in [-0.25, -0.2) is 0 Å². The summed E-state index contributed by atoms with van der Waals surface area (Å²) in [6.07, 6.45) is 4.70. The molecule has 0 aromatic carbocycles. The lowest BCUT2D eigenvalue weighted by Crippen LogP contribution is -2.57. The SMILES string of the molecule is NC1(C(=O)NCCCOCC2CC2)CCOCC1. The van der Waals surface area contributed by atoms with Crippen molar-refractivity contribution < 1.29 is 14.3 Å². The number of ether oxygens (including phenoxy) is 2. The highest BCUT2D eigenvalue weighted by atomic mass is 16.5. The fourth-order valence-electron chi connectivity index (χ4n) is 2.05. The normalized spacial score (nSPS) is 22.7. The average Bonchev–Trinajstić information content (AvgIpc) is 3.18. The van der Waals surface area contributed by atoms with E-state index in [1.54, 1.807) is 0 Å². The van der Waals surface area contributed by atoms with Crippen LogP contribution in [0.4, 0.5) is 0 Å². The average molecular weight is 256 g/mol. The summed E-state index contributed by atoms with van der Waals surface area (Å²) in [7, 11) is 0. The molecule has 2 aliphatic rings. The minimum atomic E-state index is -0.729. The molecule has 0 aromatic rings. The third-order valence-corrected chi connectivity index (χ3v) is 3.64. The van der Waals surface area contributed by atoms with Gasteiger partial charge in [-0.1, -0.05) is 0 Å². The number of amides is 1. The van der Waals surface area contributed by atoms with Gasteiger partial charge in [0.05, 0.1) is 5.54 Å². The van der Waals surface area contributed by atoms with Crippen LogP contribution < -0.4 is 11.1 Å². The second-order valence-corrected chi connectivity index (χ2v) is 5.40. The van der Waals surface area contributed by atoms with Crippen LogP contribution in [0.2, 0.25) is 0 Å². The van der Waals surface area contributed by atoms with Gasteiger partial charge in [0.2, 0.25) is 5.91 Å². The fraction of sp³-hybridized carbons (Fsp3) is 0.923. The molecule has 1 saturated carbocycles. The van der Waals surface area contributed by atoms with E-state index >= 15 is 0 Å². The Balaban J connectivity index is 1.53. The smallest absolute Gasteiger partial charge is 0.240 e. The summed E-state index contributed by atoms with van der Waals surface area (Å²) in [5.41, 5.74) is 5.34. The Morgan fingerprint density at radius 1 is 1.39 bits per heavy atom. The third-order valence-electron chi connectivity index (χ3n) is 3.64. The van der Waals surface area contributed by atoms with Gasteiger partial charge in [-0.3, -0.25) is 4.79 Å². The van der Waals surface area contributed by atoms with Crippen molar-refractivity contribution in [3.8, 4) is 0 Å². The van der Waals surface area contributed by atoms with Crippen molar-refractivity contribution in [2.45, 2.75) is 37.6 Å². The maximum atomic E-state index is 11.9. The van der Waals surface area contributed by atoms with Gasteiger partial charge in [-0.15, -0.1) is 0 Å². The molecule has 0 radical (unpaired) electrons. The van der Waals surface area contributed by atoms with E-state index in [9.17, 15) is 4.79 Å². The molecule has 1 heterocycles. The lowest BCUT2D eigenvalue weighted by atomic mass is 9.90. The molecule has 1 saturated heterocycles. The Labute approximate surface area is 108 Å². The first-order valence-corrected chi connectivity index (χ1v) is 6.93. The van der Waals surface area contributed by atoms with Gasteiger partial charge in [0.1, 0.15) is 0 Å². The Morgan fingerprint density at radius 2 is 2.11 bits per heavy atom. The van der Waals surface area contributed by atoms with Crippen LogP contribution in [0.1, 0.15) is 32.1 Å². The lowest BCUT2D eigenvalue weighted by Gasteiger charge is -2.31. The summed E-state index contributed by atoms with van der Waals surface area (Å²) in [6, 6.07) is 0. The minimum absolute atomic E-state index is 0.0482. The Hall–Kier alpha value is -0.650. The quantitative estimate of drug-likeness (QED) is 0.648. The molecule has 1 aliphatic carbocycles. The van der Waals surface area contributed by atoms with E-state index in [4.69, 9.17) is 15.2 Å². The monoisotopic (exact) mass is 256 g/mol. The van der Waals surface area contributed by atoms with Crippen molar-refractivity contribution >= 4 is 5.91 Å². The standard InChI is InChI=1S/C13H24N2O3/c14-13(4-8-17-9-5-13)12(16)15-6-1-7-18-10-11-2-3-11/h11H,1-10,14H2,(H,15,16). The van der Waals surface area contributed by atoms with E-state index in [2.05, 4.69) is 5.32 Å². The van der Waals surface area contributed by atoms with Crippen molar-refractivity contribution in [3.05, 3.63) is 0 Å². The summed E-state index contributed by atoms with van der Waals surface area (Å²) in [6.45, 7) is 3.40. The van der Waals surface area contributed by atoms with Crippen LogP contribution in [0.5, 0.6) is 0 Å². The summed E-state index contributed by atoms with van der Waals surface area (Å²) in [5.74, 6) is 0.752. The zero-order chi connectivity index (χ0) is 12.8. The molecule has 5 heteroatoms. The highest BCUT2D eigenvalue weighted by Gasteiger charge is 2.35. The number of nitrogens with two attached hydrogens (primary N) is 1. The van der Waals surface area contributed by atoms with Crippen molar-refractivity contribution in [3.63, 3.8) is 0 Å². The van der Waals surface area contributed by atoms with E-state index in [1.165, 1.54) is 12.8 Å². The van der Waals surface area contributed by atoms with Crippen molar-refractivity contribution in [2.75, 3.05) is 33.0 Å². The first-order chi connectivity index (χ1) is 8.71. The first kappa shape index (κ1) is 13.8. The molecule has 0 unspecified atom stereocenters. The molecule has 104 valence electrons. The van der Waals surface area contributed by atoms with Gasteiger partial charge in [-0.2, -0.15) is 0 Å². The van der Waals surface area contributed by atoms with Crippen LogP contribution in [0.25, 0.3) is 0 Å². The van der Waals surface area contributed by atoms with Crippen LogP contribution in [-0.2, 0) is 14.3 Å². The Bertz CT molecular complexity index is 273. The molecule has 2 fully saturated rings. The molecule has 5 nitrogen and oxygen atoms in total. The molecule has 0 spiro atoms. The fourth-order valence-corrected chi connectivity index (χ4v) is 2.05. The number of hydrogen-bond donors (Lipinski definition) is 2. The maximum absolute atomic E-state index is 11.9. The van der Waals surface area contributed by atoms with Crippen molar-refractivity contribution in [1.82, 2.24) is 5.32 Å². The second-order valence-electron chi connectivity index (χ2n) is 5.40. The third kappa shape index (κ3) is 4.23. The molecule has 3 N–H and O–H groups in total. The summed E-state index contributed by atoms with van der Waals surface area (Å²) >= 11 is 0. The molecule has 1 aliphatic heterocycles.